The minimum atomic E-state index is 0.344. The molecule has 0 aliphatic carbocycles. The lowest BCUT2D eigenvalue weighted by atomic mass is 10.2. The molecule has 0 aliphatic rings. The third-order valence-corrected chi connectivity index (χ3v) is 5.91. The van der Waals surface area contributed by atoms with E-state index in [-0.39, 0.29) is 0 Å². The molecule has 4 rings (SSSR count). The van der Waals surface area contributed by atoms with Gasteiger partial charge in [-0.1, -0.05) is 41.4 Å². The molecule has 0 amide bonds. The van der Waals surface area contributed by atoms with Crippen molar-refractivity contribution in [1.82, 2.24) is 9.55 Å². The van der Waals surface area contributed by atoms with Crippen molar-refractivity contribution in [3.05, 3.63) is 86.3 Å². The van der Waals surface area contributed by atoms with Gasteiger partial charge in [0.25, 0.3) is 0 Å². The third kappa shape index (κ3) is 5.03. The molecular formula is C23H19BrCl2N4O. The largest absolute Gasteiger partial charge is 0.488 e. The molecule has 0 bridgehead atoms. The van der Waals surface area contributed by atoms with Crippen molar-refractivity contribution in [2.45, 2.75) is 20.1 Å². The lowest BCUT2D eigenvalue weighted by Crippen LogP contribution is -2.02. The molecule has 1 heterocycles. The van der Waals surface area contributed by atoms with Gasteiger partial charge in [-0.2, -0.15) is 5.10 Å². The zero-order chi connectivity index (χ0) is 21.8. The standard InChI is InChI=1S/C23H19BrCl2N4O/c1-2-30-21-6-4-3-5-20(21)28-23(30)29-27-13-15-7-10-22(18(24)11-15)31-14-16-8-9-17(25)12-19(16)26/h3-13H,2,14H2,1H3,(H,28,29)/b27-13-. The molecule has 0 unspecified atom stereocenters. The van der Waals surface area contributed by atoms with Gasteiger partial charge in [0.1, 0.15) is 12.4 Å². The van der Waals surface area contributed by atoms with Crippen molar-refractivity contribution < 1.29 is 4.74 Å². The van der Waals surface area contributed by atoms with Crippen LogP contribution in [0.5, 0.6) is 5.75 Å². The summed E-state index contributed by atoms with van der Waals surface area (Å²) < 4.78 is 8.79. The van der Waals surface area contributed by atoms with Gasteiger partial charge < -0.3 is 9.30 Å². The molecule has 0 spiro atoms. The summed E-state index contributed by atoms with van der Waals surface area (Å²) in [5.41, 5.74) is 6.84. The average Bonchev–Trinajstić information content (AvgIpc) is 3.11. The summed E-state index contributed by atoms with van der Waals surface area (Å²) in [4.78, 5) is 4.60. The number of aromatic nitrogens is 2. The van der Waals surface area contributed by atoms with E-state index in [0.717, 1.165) is 33.2 Å². The number of nitrogens with zero attached hydrogens (tertiary/aromatic N) is 3. The number of imidazole rings is 1. The first-order valence-corrected chi connectivity index (χ1v) is 11.2. The highest BCUT2D eigenvalue weighted by Crippen LogP contribution is 2.28. The summed E-state index contributed by atoms with van der Waals surface area (Å²) in [5, 5.41) is 5.53. The van der Waals surface area contributed by atoms with Gasteiger partial charge in [-0.3, -0.25) is 0 Å². The zero-order valence-corrected chi connectivity index (χ0v) is 19.7. The Balaban J connectivity index is 1.43. The SMILES string of the molecule is CCn1c(N/N=C\c2ccc(OCc3ccc(Cl)cc3Cl)c(Br)c2)nc2ccccc21. The summed E-state index contributed by atoms with van der Waals surface area (Å²) in [6, 6.07) is 19.1. The van der Waals surface area contributed by atoms with Crippen LogP contribution < -0.4 is 10.2 Å². The molecule has 1 aromatic heterocycles. The topological polar surface area (TPSA) is 51.4 Å². The smallest absolute Gasteiger partial charge is 0.224 e. The van der Waals surface area contributed by atoms with Crippen LogP contribution >= 0.6 is 39.1 Å². The Morgan fingerprint density at radius 3 is 2.74 bits per heavy atom. The maximum absolute atomic E-state index is 6.21. The van der Waals surface area contributed by atoms with E-state index in [1.54, 1.807) is 18.3 Å². The minimum Gasteiger partial charge on any atom is -0.488 e. The Bertz CT molecular complexity index is 1260. The van der Waals surface area contributed by atoms with Crippen LogP contribution in [0.4, 0.5) is 5.95 Å². The quantitative estimate of drug-likeness (QED) is 0.209. The van der Waals surface area contributed by atoms with Crippen LogP contribution in [-0.2, 0) is 13.2 Å². The molecular weight excluding hydrogens is 499 g/mol. The molecule has 0 fully saturated rings. The van der Waals surface area contributed by atoms with Crippen LogP contribution in [-0.4, -0.2) is 15.8 Å². The average molecular weight is 518 g/mol. The van der Waals surface area contributed by atoms with E-state index >= 15 is 0 Å². The van der Waals surface area contributed by atoms with Crippen molar-refractivity contribution in [2.75, 3.05) is 5.43 Å². The number of rotatable bonds is 7. The van der Waals surface area contributed by atoms with E-state index in [1.165, 1.54) is 0 Å². The Kier molecular flexibility index (Phi) is 6.80. The highest BCUT2D eigenvalue weighted by atomic mass is 79.9. The van der Waals surface area contributed by atoms with Gasteiger partial charge in [0.2, 0.25) is 5.95 Å². The lowest BCUT2D eigenvalue weighted by Gasteiger charge is -2.10. The fourth-order valence-electron chi connectivity index (χ4n) is 3.15. The Hall–Kier alpha value is -2.54. The molecule has 8 heteroatoms. The van der Waals surface area contributed by atoms with Gasteiger partial charge in [0.15, 0.2) is 0 Å². The number of fused-ring (bicyclic) bond motifs is 1. The number of hydrazone groups is 1. The summed E-state index contributed by atoms with van der Waals surface area (Å²) in [6.45, 7) is 3.22. The summed E-state index contributed by atoms with van der Waals surface area (Å²) >= 11 is 15.7. The summed E-state index contributed by atoms with van der Waals surface area (Å²) in [5.74, 6) is 1.42. The minimum absolute atomic E-state index is 0.344. The molecule has 0 radical (unpaired) electrons. The van der Waals surface area contributed by atoms with Crippen LogP contribution in [0.25, 0.3) is 11.0 Å². The fraction of sp³-hybridized carbons (Fsp3) is 0.130. The molecule has 0 saturated heterocycles. The number of halogens is 3. The molecule has 4 aromatic rings. The lowest BCUT2D eigenvalue weighted by molar-refractivity contribution is 0.304. The maximum atomic E-state index is 6.21. The van der Waals surface area contributed by atoms with Gasteiger partial charge in [0, 0.05) is 22.2 Å². The third-order valence-electron chi connectivity index (χ3n) is 4.70. The second-order valence-electron chi connectivity index (χ2n) is 6.75. The fourth-order valence-corrected chi connectivity index (χ4v) is 4.13. The van der Waals surface area contributed by atoms with Crippen LogP contribution in [0, 0.1) is 0 Å². The van der Waals surface area contributed by atoms with E-state index in [4.69, 9.17) is 27.9 Å². The Morgan fingerprint density at radius 2 is 1.97 bits per heavy atom. The zero-order valence-electron chi connectivity index (χ0n) is 16.6. The second kappa shape index (κ2) is 9.73. The van der Waals surface area contributed by atoms with Gasteiger partial charge in [-0.15, -0.1) is 0 Å². The number of benzene rings is 3. The number of hydrogen-bond donors (Lipinski definition) is 1. The number of nitrogens with one attached hydrogen (secondary N) is 1. The van der Waals surface area contributed by atoms with Crippen molar-refractivity contribution in [2.24, 2.45) is 5.10 Å². The van der Waals surface area contributed by atoms with Gasteiger partial charge in [-0.25, -0.2) is 10.4 Å². The van der Waals surface area contributed by atoms with Gasteiger partial charge in [-0.05, 0) is 70.9 Å². The molecule has 0 saturated carbocycles. The number of para-hydroxylation sites is 2. The first-order valence-electron chi connectivity index (χ1n) is 9.65. The predicted molar refractivity (Wildman–Crippen MR) is 132 cm³/mol. The molecule has 31 heavy (non-hydrogen) atoms. The van der Waals surface area contributed by atoms with Crippen LogP contribution in [0.1, 0.15) is 18.1 Å². The van der Waals surface area contributed by atoms with Crippen LogP contribution in [0.3, 0.4) is 0 Å². The second-order valence-corrected chi connectivity index (χ2v) is 8.45. The highest BCUT2D eigenvalue weighted by Gasteiger charge is 2.08. The normalized spacial score (nSPS) is 11.4. The predicted octanol–water partition coefficient (Wildman–Crippen LogP) is 7.15. The number of ether oxygens (including phenoxy) is 1. The molecule has 158 valence electrons. The molecule has 0 atom stereocenters. The molecule has 0 aliphatic heterocycles. The maximum Gasteiger partial charge on any atom is 0.224 e. The van der Waals surface area contributed by atoms with Gasteiger partial charge >= 0.3 is 0 Å². The van der Waals surface area contributed by atoms with E-state index in [2.05, 4.69) is 42.9 Å². The molecule has 3 aromatic carbocycles. The summed E-state index contributed by atoms with van der Waals surface area (Å²) in [7, 11) is 0. The van der Waals surface area contributed by atoms with E-state index in [9.17, 15) is 0 Å². The van der Waals surface area contributed by atoms with Gasteiger partial charge in [0.05, 0.1) is 21.7 Å². The molecule has 5 nitrogen and oxygen atoms in total. The monoisotopic (exact) mass is 516 g/mol. The van der Waals surface area contributed by atoms with Crippen molar-refractivity contribution in [3.63, 3.8) is 0 Å². The van der Waals surface area contributed by atoms with Crippen LogP contribution in [0.15, 0.2) is 70.2 Å². The van der Waals surface area contributed by atoms with E-state index in [1.807, 2.05) is 48.5 Å². The number of aryl methyl sites for hydroxylation is 1. The Morgan fingerprint density at radius 1 is 1.13 bits per heavy atom. The van der Waals surface area contributed by atoms with Crippen molar-refractivity contribution >= 4 is 62.3 Å². The van der Waals surface area contributed by atoms with E-state index in [0.29, 0.717) is 28.3 Å². The van der Waals surface area contributed by atoms with Crippen LogP contribution in [0.2, 0.25) is 10.0 Å². The number of hydrogen-bond acceptors (Lipinski definition) is 4. The van der Waals surface area contributed by atoms with E-state index < -0.39 is 0 Å². The highest BCUT2D eigenvalue weighted by molar-refractivity contribution is 9.10. The number of anilines is 1. The Labute approximate surface area is 198 Å². The molecule has 1 N–H and O–H groups in total. The first kappa shape index (κ1) is 21.7. The van der Waals surface area contributed by atoms with Crippen molar-refractivity contribution in [3.8, 4) is 5.75 Å². The summed E-state index contributed by atoms with van der Waals surface area (Å²) in [6.07, 6.45) is 1.74. The first-order chi connectivity index (χ1) is 15.0. The van der Waals surface area contributed by atoms with Crippen molar-refractivity contribution in [1.29, 1.82) is 0 Å².